The van der Waals surface area contributed by atoms with Gasteiger partial charge in [-0.15, -0.1) is 0 Å². The van der Waals surface area contributed by atoms with Crippen molar-refractivity contribution in [3.63, 3.8) is 0 Å². The second-order valence-corrected chi connectivity index (χ2v) is 5.90. The second-order valence-electron chi connectivity index (χ2n) is 4.70. The predicted octanol–water partition coefficient (Wildman–Crippen LogP) is 4.81. The first kappa shape index (κ1) is 16.2. The van der Waals surface area contributed by atoms with Crippen molar-refractivity contribution in [2.45, 2.75) is 20.0 Å². The minimum Gasteiger partial charge on any atom is -0.440 e. The van der Waals surface area contributed by atoms with E-state index in [-0.39, 0.29) is 5.88 Å². The topological polar surface area (TPSA) is 53.1 Å². The molecule has 3 rings (SSSR count). The van der Waals surface area contributed by atoms with E-state index < -0.39 is 6.61 Å². The number of alkyl halides is 2. The number of ether oxygens (including phenoxy) is 1. The molecule has 122 valence electrons. The molecule has 0 aliphatic rings. The van der Waals surface area contributed by atoms with Crippen molar-refractivity contribution in [1.29, 1.82) is 0 Å². The first-order valence-electron chi connectivity index (χ1n) is 6.68. The van der Waals surface area contributed by atoms with Gasteiger partial charge in [-0.25, -0.2) is 9.67 Å². The van der Waals surface area contributed by atoms with Gasteiger partial charge in [-0.1, -0.05) is 18.5 Å². The number of hydrogen-bond acceptors (Lipinski definition) is 4. The Morgan fingerprint density at radius 2 is 2.17 bits per heavy atom. The molecule has 3 aromatic rings. The van der Waals surface area contributed by atoms with Crippen LogP contribution in [0.4, 0.5) is 8.78 Å². The molecule has 0 aliphatic heterocycles. The van der Waals surface area contributed by atoms with Crippen LogP contribution in [0, 0.1) is 0 Å². The van der Waals surface area contributed by atoms with Crippen molar-refractivity contribution in [2.24, 2.45) is 7.05 Å². The van der Waals surface area contributed by atoms with E-state index >= 15 is 0 Å². The molecule has 0 unspecified atom stereocenters. The molecule has 0 amide bonds. The van der Waals surface area contributed by atoms with E-state index in [1.165, 1.54) is 11.7 Å². The van der Waals surface area contributed by atoms with Crippen LogP contribution in [0.1, 0.15) is 12.8 Å². The zero-order valence-electron chi connectivity index (χ0n) is 12.1. The van der Waals surface area contributed by atoms with Gasteiger partial charge >= 0.3 is 6.61 Å². The Bertz CT molecular complexity index is 879. The smallest absolute Gasteiger partial charge is 0.388 e. The molecule has 2 aromatic heterocycles. The third kappa shape index (κ3) is 2.81. The maximum atomic E-state index is 12.5. The van der Waals surface area contributed by atoms with Gasteiger partial charge < -0.3 is 9.15 Å². The van der Waals surface area contributed by atoms with Gasteiger partial charge in [0, 0.05) is 19.0 Å². The molecule has 5 nitrogen and oxygen atoms in total. The number of halogens is 4. The monoisotopic (exact) mass is 405 g/mol. The van der Waals surface area contributed by atoms with Crippen LogP contribution in [0.5, 0.6) is 5.88 Å². The Labute approximate surface area is 143 Å². The van der Waals surface area contributed by atoms with Crippen LogP contribution in [0.25, 0.3) is 22.4 Å². The number of nitrogens with zero attached hydrogens (tertiary/aromatic N) is 3. The van der Waals surface area contributed by atoms with Gasteiger partial charge in [-0.2, -0.15) is 13.9 Å². The van der Waals surface area contributed by atoms with Crippen LogP contribution >= 0.6 is 27.5 Å². The van der Waals surface area contributed by atoms with Crippen molar-refractivity contribution in [3.05, 3.63) is 27.5 Å². The van der Waals surface area contributed by atoms with E-state index in [2.05, 4.69) is 30.7 Å². The van der Waals surface area contributed by atoms with E-state index in [0.717, 1.165) is 0 Å². The van der Waals surface area contributed by atoms with Crippen LogP contribution in [0.3, 0.4) is 0 Å². The summed E-state index contributed by atoms with van der Waals surface area (Å²) in [6.45, 7) is -1.04. The fourth-order valence-corrected chi connectivity index (χ4v) is 3.06. The van der Waals surface area contributed by atoms with E-state index in [4.69, 9.17) is 16.0 Å². The Morgan fingerprint density at radius 1 is 1.43 bits per heavy atom. The molecule has 0 radical (unpaired) electrons. The van der Waals surface area contributed by atoms with Gasteiger partial charge in [0.05, 0.1) is 5.02 Å². The maximum Gasteiger partial charge on any atom is 0.388 e. The Kier molecular flexibility index (Phi) is 4.29. The second kappa shape index (κ2) is 6.09. The summed E-state index contributed by atoms with van der Waals surface area (Å²) in [4.78, 5) is 4.32. The molecular weight excluding hydrogens is 396 g/mol. The molecule has 0 saturated heterocycles. The highest BCUT2D eigenvalue weighted by Crippen LogP contribution is 2.40. The molecule has 0 bridgehead atoms. The maximum absolute atomic E-state index is 12.5. The summed E-state index contributed by atoms with van der Waals surface area (Å²) in [5.74, 6) is 0.457. The number of rotatable bonds is 4. The average Bonchev–Trinajstić information content (AvgIpc) is 3.05. The molecule has 23 heavy (non-hydrogen) atoms. The summed E-state index contributed by atoms with van der Waals surface area (Å²) < 4.78 is 36.8. The molecule has 2 heterocycles. The molecule has 9 heteroatoms. The number of benzene rings is 1. The van der Waals surface area contributed by atoms with E-state index in [1.807, 2.05) is 6.92 Å². The lowest BCUT2D eigenvalue weighted by atomic mass is 10.1. The summed E-state index contributed by atoms with van der Waals surface area (Å²) in [6.07, 6.45) is 0.605. The minimum atomic E-state index is -2.95. The van der Waals surface area contributed by atoms with Gasteiger partial charge in [-0.3, -0.25) is 0 Å². The normalized spacial score (nSPS) is 11.6. The summed E-state index contributed by atoms with van der Waals surface area (Å²) in [7, 11) is 1.51. The van der Waals surface area contributed by atoms with Crippen molar-refractivity contribution < 1.29 is 17.9 Å². The van der Waals surface area contributed by atoms with Crippen LogP contribution in [-0.2, 0) is 13.5 Å². The van der Waals surface area contributed by atoms with Crippen LogP contribution in [0.2, 0.25) is 5.02 Å². The number of aryl methyl sites for hydroxylation is 2. The zero-order valence-corrected chi connectivity index (χ0v) is 14.5. The fourth-order valence-electron chi connectivity index (χ4n) is 2.22. The summed E-state index contributed by atoms with van der Waals surface area (Å²) in [5.41, 5.74) is 1.96. The molecule has 0 spiro atoms. The number of oxazole rings is 1. The van der Waals surface area contributed by atoms with Gasteiger partial charge in [0.15, 0.2) is 11.5 Å². The summed E-state index contributed by atoms with van der Waals surface area (Å²) in [5, 5.41) is 4.68. The highest BCUT2D eigenvalue weighted by Gasteiger charge is 2.23. The van der Waals surface area contributed by atoms with Crippen molar-refractivity contribution in [3.8, 4) is 17.1 Å². The third-order valence-electron chi connectivity index (χ3n) is 3.24. The third-order valence-corrected chi connectivity index (χ3v) is 4.26. The first-order valence-corrected chi connectivity index (χ1v) is 7.85. The van der Waals surface area contributed by atoms with Gasteiger partial charge in [-0.05, 0) is 28.1 Å². The molecule has 0 fully saturated rings. The number of fused-ring (bicyclic) bond motifs is 1. The van der Waals surface area contributed by atoms with Gasteiger partial charge in [0.2, 0.25) is 5.88 Å². The molecule has 0 saturated carbocycles. The quantitative estimate of drug-likeness (QED) is 0.624. The van der Waals surface area contributed by atoms with E-state index in [9.17, 15) is 8.78 Å². The van der Waals surface area contributed by atoms with Crippen molar-refractivity contribution in [1.82, 2.24) is 14.8 Å². The lowest BCUT2D eigenvalue weighted by Gasteiger charge is -2.04. The number of hydrogen-bond donors (Lipinski definition) is 0. The largest absolute Gasteiger partial charge is 0.440 e. The van der Waals surface area contributed by atoms with Crippen LogP contribution in [-0.4, -0.2) is 21.4 Å². The van der Waals surface area contributed by atoms with E-state index in [1.54, 1.807) is 12.1 Å². The SMILES string of the molecule is CCc1nc2c(Cl)ccc(-c3nn(C)c(OC(F)F)c3Br)c2o1. The Morgan fingerprint density at radius 3 is 2.83 bits per heavy atom. The predicted molar refractivity (Wildman–Crippen MR) is 84.9 cm³/mol. The molecule has 0 N–H and O–H groups in total. The highest BCUT2D eigenvalue weighted by atomic mass is 79.9. The highest BCUT2D eigenvalue weighted by molar-refractivity contribution is 9.10. The lowest BCUT2D eigenvalue weighted by molar-refractivity contribution is -0.0558. The van der Waals surface area contributed by atoms with E-state index in [0.29, 0.717) is 44.2 Å². The van der Waals surface area contributed by atoms with Gasteiger partial charge in [0.25, 0.3) is 0 Å². The zero-order chi connectivity index (χ0) is 16.7. The number of aromatic nitrogens is 3. The Hall–Kier alpha value is -1.67. The lowest BCUT2D eigenvalue weighted by Crippen LogP contribution is -2.06. The molecule has 0 aliphatic carbocycles. The minimum absolute atomic E-state index is 0.0756. The van der Waals surface area contributed by atoms with Crippen LogP contribution in [0.15, 0.2) is 21.0 Å². The average molecular weight is 407 g/mol. The van der Waals surface area contributed by atoms with Gasteiger partial charge in [0.1, 0.15) is 15.7 Å². The standard InChI is InChI=1S/C14H11BrClF2N3O2/c1-3-8-19-11-7(16)5-4-6(12(11)22-8)10-9(15)13(21(2)20-10)23-14(17)18/h4-5,14H,3H2,1-2H3. The molecule has 1 aromatic carbocycles. The summed E-state index contributed by atoms with van der Waals surface area (Å²) >= 11 is 9.41. The molecular formula is C14H11BrClF2N3O2. The Balaban J connectivity index is 2.21. The summed E-state index contributed by atoms with van der Waals surface area (Å²) in [6, 6.07) is 3.37. The van der Waals surface area contributed by atoms with Crippen molar-refractivity contribution >= 4 is 38.6 Å². The first-order chi connectivity index (χ1) is 10.9. The van der Waals surface area contributed by atoms with Crippen molar-refractivity contribution in [2.75, 3.05) is 0 Å². The molecule has 0 atom stereocenters. The van der Waals surface area contributed by atoms with Crippen LogP contribution < -0.4 is 4.74 Å². The fraction of sp³-hybridized carbons (Fsp3) is 0.286.